The lowest BCUT2D eigenvalue weighted by atomic mass is 10.1. The minimum absolute atomic E-state index is 0.0406. The standard InChI is InChI=1S/C11H10F2O/c1-7(11(12)13)9-10(14-9)8-5-3-2-4-6-8/h2-6,9-10H,1H3/t9-,10+/m0/s1. The predicted molar refractivity (Wildman–Crippen MR) is 49.0 cm³/mol. The molecule has 0 saturated carbocycles. The van der Waals surface area contributed by atoms with Crippen molar-refractivity contribution in [2.75, 3.05) is 0 Å². The second-order valence-corrected chi connectivity index (χ2v) is 3.33. The monoisotopic (exact) mass is 196 g/mol. The van der Waals surface area contributed by atoms with Gasteiger partial charge in [-0.15, -0.1) is 0 Å². The van der Waals surface area contributed by atoms with Crippen LogP contribution in [0.2, 0.25) is 0 Å². The van der Waals surface area contributed by atoms with E-state index in [4.69, 9.17) is 4.74 Å². The summed E-state index contributed by atoms with van der Waals surface area (Å²) in [4.78, 5) is 0. The minimum Gasteiger partial charge on any atom is -0.360 e. The molecular formula is C11H10F2O. The minimum atomic E-state index is -1.63. The maximum atomic E-state index is 12.2. The number of benzene rings is 1. The van der Waals surface area contributed by atoms with Crippen molar-refractivity contribution in [1.82, 2.24) is 0 Å². The summed E-state index contributed by atoms with van der Waals surface area (Å²) in [5.41, 5.74) is 0.997. The molecule has 2 atom stereocenters. The Bertz CT molecular complexity index is 355. The van der Waals surface area contributed by atoms with E-state index in [9.17, 15) is 8.78 Å². The van der Waals surface area contributed by atoms with Gasteiger partial charge in [-0.1, -0.05) is 30.3 Å². The smallest absolute Gasteiger partial charge is 0.271 e. The van der Waals surface area contributed by atoms with Crippen molar-refractivity contribution in [3.63, 3.8) is 0 Å². The van der Waals surface area contributed by atoms with Gasteiger partial charge in [0.25, 0.3) is 6.08 Å². The summed E-state index contributed by atoms with van der Waals surface area (Å²) >= 11 is 0. The fourth-order valence-corrected chi connectivity index (χ4v) is 1.45. The highest BCUT2D eigenvalue weighted by atomic mass is 19.3. The maximum Gasteiger partial charge on any atom is 0.271 e. The highest BCUT2D eigenvalue weighted by Gasteiger charge is 2.42. The summed E-state index contributed by atoms with van der Waals surface area (Å²) in [5, 5.41) is 0. The van der Waals surface area contributed by atoms with E-state index < -0.39 is 12.2 Å². The first-order chi connectivity index (χ1) is 6.70. The van der Waals surface area contributed by atoms with Crippen LogP contribution in [0.1, 0.15) is 18.6 Å². The molecular weight excluding hydrogens is 186 g/mol. The van der Waals surface area contributed by atoms with Crippen LogP contribution in [-0.4, -0.2) is 6.10 Å². The molecule has 1 fully saturated rings. The van der Waals surface area contributed by atoms with Gasteiger partial charge in [0.2, 0.25) is 0 Å². The molecule has 1 nitrogen and oxygen atoms in total. The third kappa shape index (κ3) is 1.68. The fraction of sp³-hybridized carbons (Fsp3) is 0.273. The van der Waals surface area contributed by atoms with E-state index in [1.54, 1.807) is 0 Å². The molecule has 1 saturated heterocycles. The zero-order valence-corrected chi connectivity index (χ0v) is 7.71. The Kier molecular flexibility index (Phi) is 2.33. The Balaban J connectivity index is 2.11. The highest BCUT2D eigenvalue weighted by molar-refractivity contribution is 5.28. The summed E-state index contributed by atoms with van der Waals surface area (Å²) in [6.45, 7) is 1.41. The van der Waals surface area contributed by atoms with Gasteiger partial charge in [0.1, 0.15) is 12.2 Å². The second kappa shape index (κ2) is 3.50. The van der Waals surface area contributed by atoms with Crippen molar-refractivity contribution < 1.29 is 13.5 Å². The molecule has 0 amide bonds. The first kappa shape index (κ1) is 9.34. The zero-order chi connectivity index (χ0) is 10.1. The molecule has 0 unspecified atom stereocenters. The number of rotatable bonds is 2. The average Bonchev–Trinajstić information content (AvgIpc) is 2.97. The van der Waals surface area contributed by atoms with E-state index in [-0.39, 0.29) is 11.7 Å². The van der Waals surface area contributed by atoms with Gasteiger partial charge in [0.15, 0.2) is 0 Å². The highest BCUT2D eigenvalue weighted by Crippen LogP contribution is 2.43. The third-order valence-electron chi connectivity index (χ3n) is 2.34. The number of hydrogen-bond donors (Lipinski definition) is 0. The molecule has 0 N–H and O–H groups in total. The molecule has 1 aliphatic rings. The lowest BCUT2D eigenvalue weighted by molar-refractivity contribution is 0.367. The van der Waals surface area contributed by atoms with Gasteiger partial charge >= 0.3 is 0 Å². The van der Waals surface area contributed by atoms with Gasteiger partial charge < -0.3 is 4.74 Å². The fourth-order valence-electron chi connectivity index (χ4n) is 1.45. The topological polar surface area (TPSA) is 12.5 Å². The van der Waals surface area contributed by atoms with Crippen molar-refractivity contribution in [2.24, 2.45) is 0 Å². The van der Waals surface area contributed by atoms with Gasteiger partial charge in [0, 0.05) is 5.57 Å². The van der Waals surface area contributed by atoms with E-state index in [0.717, 1.165) is 5.56 Å². The number of ether oxygens (including phenoxy) is 1. The van der Waals surface area contributed by atoms with E-state index in [0.29, 0.717) is 0 Å². The van der Waals surface area contributed by atoms with Crippen LogP contribution in [0, 0.1) is 0 Å². The van der Waals surface area contributed by atoms with Crippen molar-refractivity contribution in [3.8, 4) is 0 Å². The van der Waals surface area contributed by atoms with Crippen LogP contribution < -0.4 is 0 Å². The first-order valence-corrected chi connectivity index (χ1v) is 4.42. The van der Waals surface area contributed by atoms with Crippen molar-refractivity contribution in [1.29, 1.82) is 0 Å². The normalized spacial score (nSPS) is 24.5. The molecule has 0 bridgehead atoms. The molecule has 0 spiro atoms. The average molecular weight is 196 g/mol. The largest absolute Gasteiger partial charge is 0.360 e. The van der Waals surface area contributed by atoms with Crippen LogP contribution in [0.25, 0.3) is 0 Å². The Morgan fingerprint density at radius 2 is 1.86 bits per heavy atom. The van der Waals surface area contributed by atoms with Gasteiger partial charge in [-0.2, -0.15) is 8.78 Å². The van der Waals surface area contributed by atoms with Crippen molar-refractivity contribution >= 4 is 0 Å². The molecule has 3 heteroatoms. The van der Waals surface area contributed by atoms with Crippen LogP contribution in [0.4, 0.5) is 8.78 Å². The van der Waals surface area contributed by atoms with Crippen LogP contribution in [0.5, 0.6) is 0 Å². The van der Waals surface area contributed by atoms with E-state index in [2.05, 4.69) is 0 Å². The van der Waals surface area contributed by atoms with Gasteiger partial charge in [-0.25, -0.2) is 0 Å². The van der Waals surface area contributed by atoms with E-state index in [1.165, 1.54) is 6.92 Å². The Hall–Kier alpha value is -1.22. The summed E-state index contributed by atoms with van der Waals surface area (Å²) < 4.78 is 29.6. The van der Waals surface area contributed by atoms with Crippen molar-refractivity contribution in [2.45, 2.75) is 19.1 Å². The summed E-state index contributed by atoms with van der Waals surface area (Å²) in [5.74, 6) is 0. The van der Waals surface area contributed by atoms with Crippen LogP contribution >= 0.6 is 0 Å². The number of hydrogen-bond acceptors (Lipinski definition) is 1. The zero-order valence-electron chi connectivity index (χ0n) is 7.71. The molecule has 0 aliphatic carbocycles. The van der Waals surface area contributed by atoms with Crippen LogP contribution in [0.3, 0.4) is 0 Å². The van der Waals surface area contributed by atoms with E-state index >= 15 is 0 Å². The van der Waals surface area contributed by atoms with Gasteiger partial charge in [0.05, 0.1) is 0 Å². The van der Waals surface area contributed by atoms with Crippen LogP contribution in [-0.2, 0) is 4.74 Å². The summed E-state index contributed by atoms with van der Waals surface area (Å²) in [6, 6.07) is 9.40. The van der Waals surface area contributed by atoms with E-state index in [1.807, 2.05) is 30.3 Å². The van der Waals surface area contributed by atoms with Gasteiger partial charge in [-0.3, -0.25) is 0 Å². The van der Waals surface area contributed by atoms with Crippen molar-refractivity contribution in [3.05, 3.63) is 47.5 Å². The first-order valence-electron chi connectivity index (χ1n) is 4.42. The second-order valence-electron chi connectivity index (χ2n) is 3.33. The van der Waals surface area contributed by atoms with Gasteiger partial charge in [-0.05, 0) is 12.5 Å². The molecule has 1 aromatic carbocycles. The Labute approximate surface area is 81.0 Å². The molecule has 1 aliphatic heterocycles. The lowest BCUT2D eigenvalue weighted by Crippen LogP contribution is -1.91. The maximum absolute atomic E-state index is 12.2. The van der Waals surface area contributed by atoms with Crippen LogP contribution in [0.15, 0.2) is 42.0 Å². The molecule has 1 aromatic rings. The molecule has 0 radical (unpaired) electrons. The molecule has 14 heavy (non-hydrogen) atoms. The summed E-state index contributed by atoms with van der Waals surface area (Å²) in [7, 11) is 0. The number of epoxide rings is 1. The number of halogens is 2. The summed E-state index contributed by atoms with van der Waals surface area (Å²) in [6.07, 6.45) is -2.24. The predicted octanol–water partition coefficient (Wildman–Crippen LogP) is 3.30. The lowest BCUT2D eigenvalue weighted by Gasteiger charge is -1.94. The Morgan fingerprint density at radius 1 is 1.21 bits per heavy atom. The third-order valence-corrected chi connectivity index (χ3v) is 2.34. The molecule has 1 heterocycles. The quantitative estimate of drug-likeness (QED) is 0.661. The molecule has 0 aromatic heterocycles. The molecule has 74 valence electrons. The molecule has 2 rings (SSSR count). The SMILES string of the molecule is CC(=C(F)F)[C@@H]1O[C@@H]1c1ccccc1. The Morgan fingerprint density at radius 3 is 2.43 bits per heavy atom.